The molecule has 8 heteroatoms. The molecule has 1 N–H and O–H groups in total. The van der Waals surface area contributed by atoms with Crippen LogP contribution in [-0.2, 0) is 14.8 Å². The molecule has 0 aliphatic heterocycles. The summed E-state index contributed by atoms with van der Waals surface area (Å²) in [7, 11) is -2.05. The monoisotopic (exact) mass is 420 g/mol. The summed E-state index contributed by atoms with van der Waals surface area (Å²) in [5.74, 6) is 1.01. The van der Waals surface area contributed by atoms with Crippen molar-refractivity contribution in [2.75, 3.05) is 24.3 Å². The summed E-state index contributed by atoms with van der Waals surface area (Å²) in [6, 6.07) is 14.6. The Morgan fingerprint density at radius 3 is 2.17 bits per heavy atom. The van der Waals surface area contributed by atoms with Crippen molar-refractivity contribution in [3.63, 3.8) is 0 Å². The number of benzene rings is 2. The number of hydrogen-bond donors (Lipinski definition) is 1. The fourth-order valence-corrected chi connectivity index (χ4v) is 4.12. The summed E-state index contributed by atoms with van der Waals surface area (Å²) in [6.45, 7) is 3.84. The Hall–Kier alpha value is -2.74. The molecular weight excluding hydrogens is 392 g/mol. The molecule has 7 nitrogen and oxygen atoms in total. The van der Waals surface area contributed by atoms with Crippen LogP contribution in [0.2, 0.25) is 0 Å². The largest absolute Gasteiger partial charge is 0.497 e. The van der Waals surface area contributed by atoms with Crippen LogP contribution in [0, 0.1) is 0 Å². The zero-order valence-corrected chi connectivity index (χ0v) is 18.0. The average molecular weight is 421 g/mol. The summed E-state index contributed by atoms with van der Waals surface area (Å²) in [5.41, 5.74) is 0.458. The van der Waals surface area contributed by atoms with E-state index in [-0.39, 0.29) is 18.6 Å². The number of amides is 1. The molecule has 0 spiro atoms. The van der Waals surface area contributed by atoms with Crippen LogP contribution in [0.5, 0.6) is 11.5 Å². The fourth-order valence-electron chi connectivity index (χ4n) is 2.91. The van der Waals surface area contributed by atoms with Crippen molar-refractivity contribution in [3.05, 3.63) is 54.6 Å². The highest BCUT2D eigenvalue weighted by Gasteiger charge is 2.31. The molecule has 158 valence electrons. The number of ether oxygens (including phenoxy) is 2. The van der Waals surface area contributed by atoms with Crippen LogP contribution in [-0.4, -0.2) is 46.4 Å². The van der Waals surface area contributed by atoms with E-state index in [2.05, 4.69) is 5.32 Å². The molecule has 0 radical (unpaired) electrons. The first-order chi connectivity index (χ1) is 13.8. The second kappa shape index (κ2) is 10.2. The standard InChI is InChI=1S/C21H28N2O5S/c1-5-20(23(29(4,25)26)17-9-7-6-8-10-17)21(24)22-16(2)15-28-19-13-11-18(27-3)12-14-19/h6-14,16,20H,5,15H2,1-4H3,(H,22,24)/t16-,20+/m1/s1. The van der Waals surface area contributed by atoms with Gasteiger partial charge in [0.15, 0.2) is 0 Å². The lowest BCUT2D eigenvalue weighted by Gasteiger charge is -2.31. The molecule has 0 fully saturated rings. The average Bonchev–Trinajstić information content (AvgIpc) is 2.70. The third-order valence-electron chi connectivity index (χ3n) is 4.29. The molecule has 2 atom stereocenters. The molecular formula is C21H28N2O5S. The quantitative estimate of drug-likeness (QED) is 0.639. The topological polar surface area (TPSA) is 84.9 Å². The van der Waals surface area contributed by atoms with E-state index in [0.29, 0.717) is 17.9 Å². The summed E-state index contributed by atoms with van der Waals surface area (Å²) in [4.78, 5) is 12.9. The molecule has 1 amide bonds. The van der Waals surface area contributed by atoms with Gasteiger partial charge in [0.25, 0.3) is 0 Å². The maximum absolute atomic E-state index is 12.9. The van der Waals surface area contributed by atoms with E-state index in [1.165, 1.54) is 4.31 Å². The highest BCUT2D eigenvalue weighted by molar-refractivity contribution is 7.92. The van der Waals surface area contributed by atoms with Crippen molar-refractivity contribution in [2.24, 2.45) is 0 Å². The Balaban J connectivity index is 2.05. The van der Waals surface area contributed by atoms with E-state index in [1.54, 1.807) is 75.6 Å². The number of hydrogen-bond acceptors (Lipinski definition) is 5. The Morgan fingerprint density at radius 1 is 1.07 bits per heavy atom. The van der Waals surface area contributed by atoms with E-state index < -0.39 is 16.1 Å². The molecule has 29 heavy (non-hydrogen) atoms. The van der Waals surface area contributed by atoms with Crippen molar-refractivity contribution in [1.29, 1.82) is 0 Å². The van der Waals surface area contributed by atoms with Gasteiger partial charge in [-0.15, -0.1) is 0 Å². The number of nitrogens with zero attached hydrogens (tertiary/aromatic N) is 1. The third-order valence-corrected chi connectivity index (χ3v) is 5.47. The maximum atomic E-state index is 12.9. The number of nitrogens with one attached hydrogen (secondary N) is 1. The Bertz CT molecular complexity index is 885. The second-order valence-electron chi connectivity index (χ2n) is 6.71. The number of carbonyl (C=O) groups is 1. The number of para-hydroxylation sites is 1. The van der Waals surface area contributed by atoms with Crippen LogP contribution < -0.4 is 19.1 Å². The zero-order chi connectivity index (χ0) is 21.4. The molecule has 0 aliphatic carbocycles. The normalized spacial score (nSPS) is 13.2. The van der Waals surface area contributed by atoms with E-state index >= 15 is 0 Å². The number of anilines is 1. The maximum Gasteiger partial charge on any atom is 0.244 e. The van der Waals surface area contributed by atoms with Gasteiger partial charge in [-0.05, 0) is 49.7 Å². The van der Waals surface area contributed by atoms with E-state index in [0.717, 1.165) is 12.0 Å². The minimum atomic E-state index is -3.64. The molecule has 2 aromatic carbocycles. The van der Waals surface area contributed by atoms with Gasteiger partial charge in [-0.3, -0.25) is 9.10 Å². The summed E-state index contributed by atoms with van der Waals surface area (Å²) in [5, 5.41) is 2.85. The van der Waals surface area contributed by atoms with Crippen molar-refractivity contribution >= 4 is 21.6 Å². The van der Waals surface area contributed by atoms with Crippen LogP contribution in [0.15, 0.2) is 54.6 Å². The van der Waals surface area contributed by atoms with Crippen LogP contribution in [0.25, 0.3) is 0 Å². The highest BCUT2D eigenvalue weighted by atomic mass is 32.2. The molecule has 0 heterocycles. The third kappa shape index (κ3) is 6.39. The van der Waals surface area contributed by atoms with Gasteiger partial charge in [0.05, 0.1) is 25.1 Å². The van der Waals surface area contributed by atoms with Gasteiger partial charge in [0.2, 0.25) is 15.9 Å². The predicted molar refractivity (Wildman–Crippen MR) is 114 cm³/mol. The number of carbonyl (C=O) groups excluding carboxylic acids is 1. The van der Waals surface area contributed by atoms with Gasteiger partial charge < -0.3 is 14.8 Å². The molecule has 0 aromatic heterocycles. The minimum absolute atomic E-state index is 0.249. The molecule has 0 unspecified atom stereocenters. The summed E-state index contributed by atoms with van der Waals surface area (Å²) >= 11 is 0. The molecule has 2 aromatic rings. The summed E-state index contributed by atoms with van der Waals surface area (Å²) in [6.07, 6.45) is 1.44. The van der Waals surface area contributed by atoms with E-state index in [4.69, 9.17) is 9.47 Å². The smallest absolute Gasteiger partial charge is 0.244 e. The molecule has 0 bridgehead atoms. The lowest BCUT2D eigenvalue weighted by atomic mass is 10.1. The number of methoxy groups -OCH3 is 1. The number of rotatable bonds is 10. The van der Waals surface area contributed by atoms with Gasteiger partial charge >= 0.3 is 0 Å². The number of sulfonamides is 1. The first-order valence-electron chi connectivity index (χ1n) is 9.38. The minimum Gasteiger partial charge on any atom is -0.497 e. The first kappa shape index (κ1) is 22.5. The molecule has 0 aliphatic rings. The van der Waals surface area contributed by atoms with Crippen LogP contribution in [0.1, 0.15) is 20.3 Å². The summed E-state index contributed by atoms with van der Waals surface area (Å²) < 4.78 is 36.8. The van der Waals surface area contributed by atoms with Gasteiger partial charge in [-0.25, -0.2) is 8.42 Å². The fraction of sp³-hybridized carbons (Fsp3) is 0.381. The van der Waals surface area contributed by atoms with Gasteiger partial charge in [0.1, 0.15) is 24.1 Å². The van der Waals surface area contributed by atoms with Crippen LogP contribution in [0.4, 0.5) is 5.69 Å². The van der Waals surface area contributed by atoms with E-state index in [1.807, 2.05) is 0 Å². The van der Waals surface area contributed by atoms with Gasteiger partial charge in [0, 0.05) is 0 Å². The zero-order valence-electron chi connectivity index (χ0n) is 17.2. The first-order valence-corrected chi connectivity index (χ1v) is 11.2. The van der Waals surface area contributed by atoms with Crippen molar-refractivity contribution in [1.82, 2.24) is 5.32 Å². The Kier molecular flexibility index (Phi) is 7.90. The van der Waals surface area contributed by atoms with Crippen molar-refractivity contribution in [3.8, 4) is 11.5 Å². The van der Waals surface area contributed by atoms with Crippen molar-refractivity contribution in [2.45, 2.75) is 32.4 Å². The Morgan fingerprint density at radius 2 is 1.66 bits per heavy atom. The second-order valence-corrected chi connectivity index (χ2v) is 8.57. The molecule has 2 rings (SSSR count). The van der Waals surface area contributed by atoms with Crippen LogP contribution in [0.3, 0.4) is 0 Å². The lowest BCUT2D eigenvalue weighted by Crippen LogP contribution is -2.52. The van der Waals surface area contributed by atoms with E-state index in [9.17, 15) is 13.2 Å². The van der Waals surface area contributed by atoms with Crippen LogP contribution >= 0.6 is 0 Å². The predicted octanol–water partition coefficient (Wildman–Crippen LogP) is 2.82. The Labute approximate surface area is 172 Å². The molecule has 0 saturated heterocycles. The molecule has 0 saturated carbocycles. The highest BCUT2D eigenvalue weighted by Crippen LogP contribution is 2.22. The van der Waals surface area contributed by atoms with Gasteiger partial charge in [-0.2, -0.15) is 0 Å². The lowest BCUT2D eigenvalue weighted by molar-refractivity contribution is -0.123. The van der Waals surface area contributed by atoms with Crippen molar-refractivity contribution < 1.29 is 22.7 Å². The SMILES string of the molecule is CC[C@@H](C(=O)N[C@H](C)COc1ccc(OC)cc1)N(c1ccccc1)S(C)(=O)=O. The van der Waals surface area contributed by atoms with Gasteiger partial charge in [-0.1, -0.05) is 25.1 Å².